The lowest BCUT2D eigenvalue weighted by molar-refractivity contribution is -0.116. The van der Waals surface area contributed by atoms with Crippen LogP contribution in [-0.2, 0) is 4.79 Å². The lowest BCUT2D eigenvalue weighted by Crippen LogP contribution is -2.27. The quantitative estimate of drug-likeness (QED) is 0.929. The van der Waals surface area contributed by atoms with Gasteiger partial charge in [0.1, 0.15) is 0 Å². The van der Waals surface area contributed by atoms with E-state index < -0.39 is 0 Å². The van der Waals surface area contributed by atoms with Crippen LogP contribution in [0.3, 0.4) is 0 Å². The number of para-hydroxylation sites is 1. The number of halogens is 1. The molecule has 0 atom stereocenters. The number of hydrogen-bond acceptors (Lipinski definition) is 2. The Balaban J connectivity index is 1.63. The highest BCUT2D eigenvalue weighted by Gasteiger charge is 2.30. The molecule has 3 rings (SSSR count). The maximum Gasteiger partial charge on any atom is 0.258 e. The van der Waals surface area contributed by atoms with E-state index >= 15 is 0 Å². The van der Waals surface area contributed by atoms with Crippen molar-refractivity contribution in [1.82, 2.24) is 4.90 Å². The molecule has 0 saturated heterocycles. The summed E-state index contributed by atoms with van der Waals surface area (Å²) in [5.41, 5.74) is 2.65. The van der Waals surface area contributed by atoms with Crippen molar-refractivity contribution in [2.24, 2.45) is 0 Å². The molecule has 2 aromatic carbocycles. The Kier molecular flexibility index (Phi) is 4.17. The van der Waals surface area contributed by atoms with Crippen LogP contribution in [0.1, 0.15) is 22.3 Å². The van der Waals surface area contributed by atoms with Crippen molar-refractivity contribution in [2.45, 2.75) is 6.42 Å². The zero-order valence-electron chi connectivity index (χ0n) is 12.4. The minimum atomic E-state index is -0.199. The highest BCUT2D eigenvalue weighted by molar-refractivity contribution is 6.33. The van der Waals surface area contributed by atoms with Gasteiger partial charge in [-0.3, -0.25) is 9.59 Å². The monoisotopic (exact) mass is 326 g/mol. The second-order valence-corrected chi connectivity index (χ2v) is 5.63. The van der Waals surface area contributed by atoms with Gasteiger partial charge in [0.25, 0.3) is 5.91 Å². The fourth-order valence-electron chi connectivity index (χ4n) is 2.56. The highest BCUT2D eigenvalue weighted by Crippen LogP contribution is 2.31. The number of benzene rings is 2. The molecule has 0 saturated carbocycles. The summed E-state index contributed by atoms with van der Waals surface area (Å²) in [5, 5.41) is 3.23. The first-order valence-corrected chi connectivity index (χ1v) is 7.60. The average molecular weight is 327 g/mol. The van der Waals surface area contributed by atoms with Crippen molar-refractivity contribution in [3.8, 4) is 0 Å². The molecule has 0 aliphatic carbocycles. The van der Waals surface area contributed by atoms with Crippen LogP contribution in [0.15, 0.2) is 55.1 Å². The Morgan fingerprint density at radius 1 is 1.09 bits per heavy atom. The maximum atomic E-state index is 12.3. The smallest absolute Gasteiger partial charge is 0.258 e. The van der Waals surface area contributed by atoms with Gasteiger partial charge in [-0.05, 0) is 18.2 Å². The first-order valence-electron chi connectivity index (χ1n) is 7.22. The van der Waals surface area contributed by atoms with Crippen LogP contribution in [0.25, 0.3) is 5.70 Å². The third kappa shape index (κ3) is 2.98. The Hall–Kier alpha value is -2.59. The van der Waals surface area contributed by atoms with E-state index in [-0.39, 0.29) is 24.8 Å². The van der Waals surface area contributed by atoms with Gasteiger partial charge in [0.05, 0.1) is 10.7 Å². The fourth-order valence-corrected chi connectivity index (χ4v) is 2.74. The minimum Gasteiger partial charge on any atom is -0.325 e. The number of nitrogens with one attached hydrogen (secondary N) is 1. The van der Waals surface area contributed by atoms with Gasteiger partial charge < -0.3 is 10.2 Å². The number of nitrogens with zero attached hydrogens (tertiary/aromatic N) is 1. The first-order chi connectivity index (χ1) is 11.1. The normalized spacial score (nSPS) is 13.2. The predicted octanol–water partition coefficient (Wildman–Crippen LogP) is 3.80. The fraction of sp³-hybridized carbons (Fsp3) is 0.111. The maximum absolute atomic E-state index is 12.3. The number of fused-ring (bicyclic) bond motifs is 1. The second kappa shape index (κ2) is 6.26. The lowest BCUT2D eigenvalue weighted by atomic mass is 10.1. The van der Waals surface area contributed by atoms with Gasteiger partial charge in [0, 0.05) is 29.8 Å². The number of rotatable bonds is 4. The van der Waals surface area contributed by atoms with Crippen molar-refractivity contribution in [2.75, 3.05) is 11.9 Å². The van der Waals surface area contributed by atoms with Crippen LogP contribution in [0.5, 0.6) is 0 Å². The molecular formula is C18H15ClN2O2. The van der Waals surface area contributed by atoms with Gasteiger partial charge in [-0.2, -0.15) is 0 Å². The molecule has 1 N–H and O–H groups in total. The molecule has 116 valence electrons. The number of amides is 2. The second-order valence-electron chi connectivity index (χ2n) is 5.23. The topological polar surface area (TPSA) is 49.4 Å². The first kappa shape index (κ1) is 15.3. The average Bonchev–Trinajstić information content (AvgIpc) is 2.80. The number of hydrogen-bond donors (Lipinski definition) is 1. The molecule has 2 aromatic rings. The van der Waals surface area contributed by atoms with Crippen LogP contribution in [0.2, 0.25) is 5.02 Å². The minimum absolute atomic E-state index is 0.115. The Morgan fingerprint density at radius 3 is 2.43 bits per heavy atom. The van der Waals surface area contributed by atoms with Gasteiger partial charge in [-0.25, -0.2) is 0 Å². The highest BCUT2D eigenvalue weighted by atomic mass is 35.5. The Labute approximate surface area is 139 Å². The summed E-state index contributed by atoms with van der Waals surface area (Å²) in [4.78, 5) is 26.0. The molecule has 0 fully saturated rings. The van der Waals surface area contributed by atoms with Crippen molar-refractivity contribution >= 4 is 34.8 Å². The van der Waals surface area contributed by atoms with E-state index in [4.69, 9.17) is 11.6 Å². The van der Waals surface area contributed by atoms with E-state index in [1.165, 1.54) is 4.90 Å². The summed E-state index contributed by atoms with van der Waals surface area (Å²) >= 11 is 6.01. The number of carbonyl (C=O) groups is 2. The van der Waals surface area contributed by atoms with Crippen molar-refractivity contribution < 1.29 is 9.59 Å². The standard InChI is InChI=1S/C18H15ClN2O2/c1-12-13-6-2-3-7-14(13)18(23)21(12)11-10-17(22)20-16-9-5-4-8-15(16)19/h2-9H,1,10-11H2,(H,20,22). The largest absolute Gasteiger partial charge is 0.325 e. The summed E-state index contributed by atoms with van der Waals surface area (Å²) < 4.78 is 0. The molecule has 0 bridgehead atoms. The van der Waals surface area contributed by atoms with E-state index in [0.29, 0.717) is 22.0 Å². The number of carbonyl (C=O) groups excluding carboxylic acids is 2. The molecule has 1 heterocycles. The van der Waals surface area contributed by atoms with E-state index in [0.717, 1.165) is 5.56 Å². The molecule has 1 aliphatic rings. The molecular weight excluding hydrogens is 312 g/mol. The molecule has 0 unspecified atom stereocenters. The van der Waals surface area contributed by atoms with Gasteiger partial charge >= 0.3 is 0 Å². The summed E-state index contributed by atoms with van der Waals surface area (Å²) in [6.45, 7) is 4.24. The van der Waals surface area contributed by atoms with Crippen molar-refractivity contribution in [3.05, 3.63) is 71.3 Å². The van der Waals surface area contributed by atoms with E-state index in [1.54, 1.807) is 30.3 Å². The third-order valence-corrected chi connectivity index (χ3v) is 4.08. The summed E-state index contributed by atoms with van der Waals surface area (Å²) in [6.07, 6.45) is 0.171. The van der Waals surface area contributed by atoms with Crippen LogP contribution in [0, 0.1) is 0 Å². The van der Waals surface area contributed by atoms with Gasteiger partial charge in [0.2, 0.25) is 5.91 Å². The van der Waals surface area contributed by atoms with E-state index in [9.17, 15) is 9.59 Å². The van der Waals surface area contributed by atoms with E-state index in [2.05, 4.69) is 11.9 Å². The zero-order chi connectivity index (χ0) is 16.4. The summed E-state index contributed by atoms with van der Waals surface area (Å²) in [7, 11) is 0. The molecule has 0 aromatic heterocycles. The summed E-state index contributed by atoms with van der Waals surface area (Å²) in [6, 6.07) is 14.3. The van der Waals surface area contributed by atoms with Crippen molar-refractivity contribution in [3.63, 3.8) is 0 Å². The van der Waals surface area contributed by atoms with Crippen molar-refractivity contribution in [1.29, 1.82) is 0 Å². The van der Waals surface area contributed by atoms with Crippen LogP contribution >= 0.6 is 11.6 Å². The van der Waals surface area contributed by atoms with Crippen LogP contribution in [-0.4, -0.2) is 23.3 Å². The molecule has 2 amide bonds. The number of anilines is 1. The molecule has 4 nitrogen and oxygen atoms in total. The third-order valence-electron chi connectivity index (χ3n) is 3.75. The van der Waals surface area contributed by atoms with Gasteiger partial charge in [-0.1, -0.05) is 48.5 Å². The van der Waals surface area contributed by atoms with E-state index in [1.807, 2.05) is 18.2 Å². The SMILES string of the molecule is C=C1c2ccccc2C(=O)N1CCC(=O)Nc1ccccc1Cl. The molecule has 0 spiro atoms. The Morgan fingerprint density at radius 2 is 1.74 bits per heavy atom. The molecule has 23 heavy (non-hydrogen) atoms. The Bertz CT molecular complexity index is 766. The van der Waals surface area contributed by atoms with Gasteiger partial charge in [0.15, 0.2) is 0 Å². The van der Waals surface area contributed by atoms with Crippen LogP contribution in [0.4, 0.5) is 5.69 Å². The molecule has 0 radical (unpaired) electrons. The van der Waals surface area contributed by atoms with Crippen LogP contribution < -0.4 is 5.32 Å². The lowest BCUT2D eigenvalue weighted by Gasteiger charge is -2.17. The summed E-state index contributed by atoms with van der Waals surface area (Å²) in [5.74, 6) is -0.314. The predicted molar refractivity (Wildman–Crippen MR) is 91.2 cm³/mol. The van der Waals surface area contributed by atoms with Gasteiger partial charge in [-0.15, -0.1) is 0 Å². The zero-order valence-corrected chi connectivity index (χ0v) is 13.1. The molecule has 5 heteroatoms. The molecule has 1 aliphatic heterocycles.